The van der Waals surface area contributed by atoms with Gasteiger partial charge in [0.15, 0.2) is 0 Å². The lowest BCUT2D eigenvalue weighted by Gasteiger charge is -2.08. The molecule has 0 aromatic carbocycles. The predicted octanol–water partition coefficient (Wildman–Crippen LogP) is 1.44. The minimum atomic E-state index is -0.176. The van der Waals surface area contributed by atoms with E-state index in [9.17, 15) is 4.79 Å². The zero-order valence-corrected chi connectivity index (χ0v) is 7.09. The van der Waals surface area contributed by atoms with Crippen LogP contribution in [-0.2, 0) is 9.53 Å². The maximum Gasteiger partial charge on any atom is 0.341 e. The molecular weight excluding hydrogens is 154 g/mol. The van der Waals surface area contributed by atoms with Gasteiger partial charge < -0.3 is 4.74 Å². The number of hydrogen-bond acceptors (Lipinski definition) is 3. The summed E-state index contributed by atoms with van der Waals surface area (Å²) in [6, 6.07) is 0. The van der Waals surface area contributed by atoms with Crippen molar-refractivity contribution in [3.8, 4) is 0 Å². The first-order chi connectivity index (χ1) is 5.83. The molecule has 3 heteroatoms. The topological polar surface area (TPSA) is 38.7 Å². The Morgan fingerprint density at radius 1 is 1.25 bits per heavy atom. The van der Waals surface area contributed by atoms with Gasteiger partial charge in [0, 0.05) is 18.2 Å². The summed E-state index contributed by atoms with van der Waals surface area (Å²) in [5.74, 6) is 0.375. The van der Waals surface area contributed by atoms with Crippen LogP contribution in [0.4, 0.5) is 0 Å². The molecule has 0 fully saturated rings. The van der Waals surface area contributed by atoms with Crippen molar-refractivity contribution in [3.05, 3.63) is 11.1 Å². The van der Waals surface area contributed by atoms with Crippen LogP contribution in [0.2, 0.25) is 0 Å². The molecule has 0 aromatic rings. The van der Waals surface area contributed by atoms with Gasteiger partial charge in [0.05, 0.1) is 0 Å². The fourth-order valence-corrected chi connectivity index (χ4v) is 1.76. The zero-order valence-electron chi connectivity index (χ0n) is 7.09. The third-order valence-corrected chi connectivity index (χ3v) is 2.36. The minimum Gasteiger partial charge on any atom is -0.404 e. The number of carbonyl (C=O) groups is 1. The van der Waals surface area contributed by atoms with Crippen LogP contribution in [0.25, 0.3) is 0 Å². The van der Waals surface area contributed by atoms with E-state index in [1.165, 1.54) is 0 Å². The zero-order chi connectivity index (χ0) is 8.55. The van der Waals surface area contributed by atoms with Crippen molar-refractivity contribution in [2.45, 2.75) is 25.7 Å². The highest BCUT2D eigenvalue weighted by Gasteiger charge is 2.31. The van der Waals surface area contributed by atoms with Gasteiger partial charge in [0.2, 0.25) is 5.90 Å². The number of cyclic esters (lactones) is 1. The predicted molar refractivity (Wildman–Crippen MR) is 44.9 cm³/mol. The highest BCUT2D eigenvalue weighted by atomic mass is 16.5. The van der Waals surface area contributed by atoms with E-state index in [4.69, 9.17) is 4.74 Å². The Morgan fingerprint density at radius 2 is 1.92 bits per heavy atom. The Labute approximate surface area is 71.1 Å². The molecule has 0 bridgehead atoms. The number of nitrogens with zero attached hydrogens (tertiary/aromatic N) is 1. The quantitative estimate of drug-likeness (QED) is 0.509. The van der Waals surface area contributed by atoms with Gasteiger partial charge in [0.25, 0.3) is 0 Å². The summed E-state index contributed by atoms with van der Waals surface area (Å²) in [5, 5.41) is 0. The second kappa shape index (κ2) is 2.73. The van der Waals surface area contributed by atoms with E-state index in [0.29, 0.717) is 5.90 Å². The number of ether oxygens (including phenoxy) is 1. The van der Waals surface area contributed by atoms with Crippen LogP contribution in [0.5, 0.6) is 0 Å². The first-order valence-electron chi connectivity index (χ1n) is 4.24. The maximum absolute atomic E-state index is 11.2. The average Bonchev–Trinajstić information content (AvgIpc) is 2.44. The number of aliphatic imine (C=N–C) groups is 1. The molecule has 1 heterocycles. The Balaban J connectivity index is 2.40. The van der Waals surface area contributed by atoms with Gasteiger partial charge in [-0.15, -0.1) is 0 Å². The molecule has 0 unspecified atom stereocenters. The normalized spacial score (nSPS) is 26.1. The summed E-state index contributed by atoms with van der Waals surface area (Å²) < 4.78 is 4.99. The summed E-state index contributed by atoms with van der Waals surface area (Å²) in [6.45, 7) is 0. The van der Waals surface area contributed by atoms with Gasteiger partial charge in [-0.1, -0.05) is 0 Å². The molecule has 64 valence electrons. The number of esters is 1. The fourth-order valence-electron chi connectivity index (χ4n) is 1.76. The second-order valence-corrected chi connectivity index (χ2v) is 3.08. The molecule has 0 aromatic heterocycles. The second-order valence-electron chi connectivity index (χ2n) is 3.08. The molecule has 2 aliphatic rings. The summed E-state index contributed by atoms with van der Waals surface area (Å²) in [6.07, 6.45) is 4.07. The molecule has 0 saturated carbocycles. The number of rotatable bonds is 0. The Hall–Kier alpha value is -1.12. The van der Waals surface area contributed by atoms with Crippen molar-refractivity contribution >= 4 is 11.9 Å². The van der Waals surface area contributed by atoms with Crippen molar-refractivity contribution in [1.82, 2.24) is 0 Å². The lowest BCUT2D eigenvalue weighted by molar-refractivity contribution is -0.130. The van der Waals surface area contributed by atoms with E-state index < -0.39 is 0 Å². The largest absolute Gasteiger partial charge is 0.404 e. The SMILES string of the molecule is CN=C1OC(=O)C2=C1CCCC2. The van der Waals surface area contributed by atoms with Gasteiger partial charge in [-0.05, 0) is 25.7 Å². The molecule has 1 aliphatic carbocycles. The molecule has 0 saturated heterocycles. The van der Waals surface area contributed by atoms with E-state index in [2.05, 4.69) is 4.99 Å². The molecule has 0 amide bonds. The maximum atomic E-state index is 11.2. The van der Waals surface area contributed by atoms with Crippen LogP contribution >= 0.6 is 0 Å². The highest BCUT2D eigenvalue weighted by molar-refractivity contribution is 6.14. The van der Waals surface area contributed by atoms with Crippen molar-refractivity contribution in [2.75, 3.05) is 7.05 Å². The van der Waals surface area contributed by atoms with Crippen LogP contribution in [0.15, 0.2) is 16.1 Å². The van der Waals surface area contributed by atoms with Crippen molar-refractivity contribution < 1.29 is 9.53 Å². The molecule has 0 N–H and O–H groups in total. The molecule has 0 radical (unpaired) electrons. The Kier molecular flexibility index (Phi) is 1.71. The van der Waals surface area contributed by atoms with Gasteiger partial charge >= 0.3 is 5.97 Å². The van der Waals surface area contributed by atoms with E-state index in [-0.39, 0.29) is 5.97 Å². The van der Waals surface area contributed by atoms with E-state index in [1.54, 1.807) is 7.05 Å². The summed E-state index contributed by atoms with van der Waals surface area (Å²) in [4.78, 5) is 15.2. The highest BCUT2D eigenvalue weighted by Crippen LogP contribution is 2.31. The monoisotopic (exact) mass is 165 g/mol. The van der Waals surface area contributed by atoms with Gasteiger partial charge in [-0.25, -0.2) is 4.79 Å². The van der Waals surface area contributed by atoms with Gasteiger partial charge in [0.1, 0.15) is 0 Å². The first kappa shape index (κ1) is 7.53. The Morgan fingerprint density at radius 3 is 2.58 bits per heavy atom. The summed E-state index contributed by atoms with van der Waals surface area (Å²) in [5.41, 5.74) is 1.91. The number of carbonyl (C=O) groups excluding carboxylic acids is 1. The van der Waals surface area contributed by atoms with Crippen LogP contribution in [0.3, 0.4) is 0 Å². The van der Waals surface area contributed by atoms with Crippen LogP contribution < -0.4 is 0 Å². The lowest BCUT2D eigenvalue weighted by Crippen LogP contribution is -2.02. The van der Waals surface area contributed by atoms with E-state index in [0.717, 1.165) is 36.8 Å². The third-order valence-electron chi connectivity index (χ3n) is 2.36. The van der Waals surface area contributed by atoms with Crippen LogP contribution in [0.1, 0.15) is 25.7 Å². The van der Waals surface area contributed by atoms with Crippen LogP contribution in [-0.4, -0.2) is 18.9 Å². The van der Waals surface area contributed by atoms with E-state index in [1.807, 2.05) is 0 Å². The summed E-state index contributed by atoms with van der Waals surface area (Å²) >= 11 is 0. The molecule has 1 aliphatic heterocycles. The minimum absolute atomic E-state index is 0.176. The first-order valence-corrected chi connectivity index (χ1v) is 4.24. The third kappa shape index (κ3) is 0.967. The average molecular weight is 165 g/mol. The smallest absolute Gasteiger partial charge is 0.341 e. The van der Waals surface area contributed by atoms with Gasteiger partial charge in [-0.2, -0.15) is 0 Å². The molecule has 2 rings (SSSR count). The molecule has 3 nitrogen and oxygen atoms in total. The summed E-state index contributed by atoms with van der Waals surface area (Å²) in [7, 11) is 1.66. The lowest BCUT2D eigenvalue weighted by atomic mass is 9.93. The van der Waals surface area contributed by atoms with Crippen molar-refractivity contribution in [1.29, 1.82) is 0 Å². The molecule has 0 spiro atoms. The van der Waals surface area contributed by atoms with E-state index >= 15 is 0 Å². The van der Waals surface area contributed by atoms with Crippen molar-refractivity contribution in [2.24, 2.45) is 4.99 Å². The molecule has 0 atom stereocenters. The number of hydrogen-bond donors (Lipinski definition) is 0. The molecular formula is C9H11NO2. The molecule has 12 heavy (non-hydrogen) atoms. The fraction of sp³-hybridized carbons (Fsp3) is 0.556. The van der Waals surface area contributed by atoms with Crippen LogP contribution in [0, 0.1) is 0 Å². The van der Waals surface area contributed by atoms with Gasteiger partial charge in [-0.3, -0.25) is 4.99 Å². The van der Waals surface area contributed by atoms with Crippen molar-refractivity contribution in [3.63, 3.8) is 0 Å². The standard InChI is InChI=1S/C9H11NO2/c1-10-8-6-4-2-3-5-7(6)9(11)12-8/h2-5H2,1H3. The Bertz CT molecular complexity index is 289.